The fraction of sp³-hybridized carbons (Fsp3) is 0.0256. The zero-order valence-corrected chi connectivity index (χ0v) is 23.0. The van der Waals surface area contributed by atoms with E-state index in [1.54, 1.807) is 0 Å². The highest BCUT2D eigenvalue weighted by Crippen LogP contribution is 2.48. The highest BCUT2D eigenvalue weighted by molar-refractivity contribution is 6.24. The van der Waals surface area contributed by atoms with Crippen molar-refractivity contribution in [1.82, 2.24) is 0 Å². The Labute approximate surface area is 241 Å². The molecule has 2 aromatic heterocycles. The second-order valence-corrected chi connectivity index (χ2v) is 11.0. The Balaban J connectivity index is 1.42. The van der Waals surface area contributed by atoms with Gasteiger partial charge < -0.3 is 13.7 Å². The molecule has 0 radical (unpaired) electrons. The molecule has 9 rings (SSSR count). The van der Waals surface area contributed by atoms with E-state index >= 15 is 0 Å². The molecule has 0 aliphatic rings. The van der Waals surface area contributed by atoms with Crippen LogP contribution in [0.2, 0.25) is 0 Å². The number of furan rings is 2. The third kappa shape index (κ3) is 3.28. The first-order chi connectivity index (χ1) is 20.7. The number of para-hydroxylation sites is 3. The van der Waals surface area contributed by atoms with E-state index in [1.165, 1.54) is 16.3 Å². The molecule has 0 aliphatic heterocycles. The van der Waals surface area contributed by atoms with E-state index in [4.69, 9.17) is 8.83 Å². The number of nitrogens with zero attached hydrogens (tertiary/aromatic N) is 1. The molecule has 0 amide bonds. The first kappa shape index (κ1) is 23.2. The summed E-state index contributed by atoms with van der Waals surface area (Å²) in [4.78, 5) is 2.34. The summed E-state index contributed by atoms with van der Waals surface area (Å²) in [7, 11) is 0. The lowest BCUT2D eigenvalue weighted by Crippen LogP contribution is -2.12. The normalized spacial score (nSPS) is 11.9. The zero-order chi connectivity index (χ0) is 27.8. The van der Waals surface area contributed by atoms with Crippen LogP contribution < -0.4 is 4.90 Å². The standard InChI is InChI=1S/C39H25NO2/c1-24-11-2-8-18-32(24)40(33-19-10-17-30-28-15-7-9-20-35(28)42-39(30)33)34-23-37-38(29-16-6-5-14-27(29)34)31-21-25-12-3-4-13-26(25)22-36(31)41-37/h2-23H,1H3. The average molecular weight is 540 g/mol. The Hall–Kier alpha value is -5.54. The lowest BCUT2D eigenvalue weighted by molar-refractivity contribution is 0.668. The predicted molar refractivity (Wildman–Crippen MR) is 175 cm³/mol. The van der Waals surface area contributed by atoms with Crippen molar-refractivity contribution in [2.45, 2.75) is 6.92 Å². The molecule has 9 aromatic rings. The lowest BCUT2D eigenvalue weighted by Gasteiger charge is -2.28. The van der Waals surface area contributed by atoms with E-state index in [9.17, 15) is 0 Å². The fourth-order valence-corrected chi connectivity index (χ4v) is 6.60. The molecular weight excluding hydrogens is 514 g/mol. The second kappa shape index (κ2) is 8.73. The van der Waals surface area contributed by atoms with Crippen LogP contribution in [0.5, 0.6) is 0 Å². The van der Waals surface area contributed by atoms with E-state index in [0.717, 1.165) is 71.7 Å². The van der Waals surface area contributed by atoms with Gasteiger partial charge in [0.25, 0.3) is 0 Å². The van der Waals surface area contributed by atoms with E-state index in [2.05, 4.69) is 133 Å². The highest BCUT2D eigenvalue weighted by Gasteiger charge is 2.24. The molecule has 198 valence electrons. The van der Waals surface area contributed by atoms with Gasteiger partial charge in [-0.3, -0.25) is 0 Å². The third-order valence-electron chi connectivity index (χ3n) is 8.55. The van der Waals surface area contributed by atoms with Gasteiger partial charge in [0, 0.05) is 38.7 Å². The molecule has 7 aromatic carbocycles. The number of fused-ring (bicyclic) bond motifs is 9. The van der Waals surface area contributed by atoms with Crippen molar-refractivity contribution in [1.29, 1.82) is 0 Å². The van der Waals surface area contributed by atoms with Crippen molar-refractivity contribution in [3.8, 4) is 0 Å². The van der Waals surface area contributed by atoms with E-state index in [-0.39, 0.29) is 0 Å². The summed E-state index contributed by atoms with van der Waals surface area (Å²) in [5.74, 6) is 0. The molecule has 42 heavy (non-hydrogen) atoms. The van der Waals surface area contributed by atoms with Crippen molar-refractivity contribution in [2.75, 3.05) is 4.90 Å². The minimum Gasteiger partial charge on any atom is -0.456 e. The van der Waals surface area contributed by atoms with Gasteiger partial charge in [-0.2, -0.15) is 0 Å². The molecule has 0 saturated heterocycles. The Bertz CT molecular complexity index is 2500. The average Bonchev–Trinajstić information content (AvgIpc) is 3.59. The molecular formula is C39H25NO2. The van der Waals surface area contributed by atoms with Crippen molar-refractivity contribution < 1.29 is 8.83 Å². The minimum absolute atomic E-state index is 0.863. The van der Waals surface area contributed by atoms with Crippen molar-refractivity contribution in [3.63, 3.8) is 0 Å². The van der Waals surface area contributed by atoms with E-state index < -0.39 is 0 Å². The maximum Gasteiger partial charge on any atom is 0.159 e. The van der Waals surface area contributed by atoms with Crippen molar-refractivity contribution >= 4 is 82.5 Å². The van der Waals surface area contributed by atoms with Crippen LogP contribution >= 0.6 is 0 Å². The summed E-state index contributed by atoms with van der Waals surface area (Å²) in [5, 5.41) is 9.18. The molecule has 0 bridgehead atoms. The van der Waals surface area contributed by atoms with Crippen molar-refractivity contribution in [2.24, 2.45) is 0 Å². The van der Waals surface area contributed by atoms with Gasteiger partial charge in [-0.15, -0.1) is 0 Å². The summed E-state index contributed by atoms with van der Waals surface area (Å²) in [6, 6.07) is 47.0. The molecule has 0 aliphatic carbocycles. The zero-order valence-electron chi connectivity index (χ0n) is 23.0. The Morgan fingerprint density at radius 2 is 1.10 bits per heavy atom. The molecule has 3 nitrogen and oxygen atoms in total. The van der Waals surface area contributed by atoms with E-state index in [1.807, 2.05) is 12.1 Å². The van der Waals surface area contributed by atoms with Crippen LogP contribution in [0.4, 0.5) is 17.1 Å². The van der Waals surface area contributed by atoms with Gasteiger partial charge in [-0.1, -0.05) is 97.1 Å². The SMILES string of the molecule is Cc1ccccc1N(c1cc2oc3cc4ccccc4cc3c2c2ccccc12)c1cccc2c1oc1ccccc12. The van der Waals surface area contributed by atoms with Crippen molar-refractivity contribution in [3.05, 3.63) is 139 Å². The van der Waals surface area contributed by atoms with Crippen LogP contribution in [0.3, 0.4) is 0 Å². The van der Waals surface area contributed by atoms with Gasteiger partial charge in [0.15, 0.2) is 5.58 Å². The second-order valence-electron chi connectivity index (χ2n) is 11.0. The topological polar surface area (TPSA) is 29.5 Å². The number of rotatable bonds is 3. The smallest absolute Gasteiger partial charge is 0.159 e. The number of hydrogen-bond donors (Lipinski definition) is 0. The van der Waals surface area contributed by atoms with Crippen LogP contribution in [-0.4, -0.2) is 0 Å². The van der Waals surface area contributed by atoms with Gasteiger partial charge in [0.05, 0.1) is 11.4 Å². The summed E-state index contributed by atoms with van der Waals surface area (Å²) < 4.78 is 13.2. The number of anilines is 3. The Morgan fingerprint density at radius 1 is 0.429 bits per heavy atom. The summed E-state index contributed by atoms with van der Waals surface area (Å²) in [6.45, 7) is 2.16. The Morgan fingerprint density at radius 3 is 1.95 bits per heavy atom. The maximum atomic E-state index is 6.65. The quantitative estimate of drug-likeness (QED) is 0.224. The van der Waals surface area contributed by atoms with Crippen LogP contribution in [0.15, 0.2) is 142 Å². The molecule has 0 spiro atoms. The molecule has 0 atom stereocenters. The van der Waals surface area contributed by atoms with Crippen LogP contribution in [0.1, 0.15) is 5.56 Å². The molecule has 2 heterocycles. The van der Waals surface area contributed by atoms with Gasteiger partial charge in [0.2, 0.25) is 0 Å². The summed E-state index contributed by atoms with van der Waals surface area (Å²) in [6.07, 6.45) is 0. The predicted octanol–water partition coefficient (Wildman–Crippen LogP) is 11.6. The number of hydrogen-bond acceptors (Lipinski definition) is 3. The summed E-state index contributed by atoms with van der Waals surface area (Å²) in [5.41, 5.74) is 7.81. The molecule has 0 fully saturated rings. The van der Waals surface area contributed by atoms with Crippen LogP contribution in [0, 0.1) is 6.92 Å². The molecule has 0 saturated carbocycles. The van der Waals surface area contributed by atoms with Gasteiger partial charge in [0.1, 0.15) is 16.7 Å². The highest BCUT2D eigenvalue weighted by atomic mass is 16.3. The van der Waals surface area contributed by atoms with Gasteiger partial charge in [-0.05, 0) is 59.0 Å². The molecule has 0 unspecified atom stereocenters. The fourth-order valence-electron chi connectivity index (χ4n) is 6.60. The number of aryl methyl sites for hydroxylation is 1. The largest absolute Gasteiger partial charge is 0.456 e. The first-order valence-corrected chi connectivity index (χ1v) is 14.3. The van der Waals surface area contributed by atoms with Gasteiger partial charge in [-0.25, -0.2) is 0 Å². The third-order valence-corrected chi connectivity index (χ3v) is 8.55. The Kier molecular flexibility index (Phi) is 4.82. The van der Waals surface area contributed by atoms with Crippen LogP contribution in [0.25, 0.3) is 65.4 Å². The minimum atomic E-state index is 0.863. The maximum absolute atomic E-state index is 6.65. The van der Waals surface area contributed by atoms with Crippen LogP contribution in [-0.2, 0) is 0 Å². The summed E-state index contributed by atoms with van der Waals surface area (Å²) >= 11 is 0. The van der Waals surface area contributed by atoms with E-state index in [0.29, 0.717) is 0 Å². The first-order valence-electron chi connectivity index (χ1n) is 14.3. The lowest BCUT2D eigenvalue weighted by atomic mass is 9.99. The number of benzene rings is 7. The monoisotopic (exact) mass is 539 g/mol. The molecule has 0 N–H and O–H groups in total. The molecule has 3 heteroatoms. The van der Waals surface area contributed by atoms with Gasteiger partial charge >= 0.3 is 0 Å².